The van der Waals surface area contributed by atoms with Crippen LogP contribution in [0, 0.1) is 5.92 Å². The van der Waals surface area contributed by atoms with Gasteiger partial charge >= 0.3 is 6.18 Å². The Morgan fingerprint density at radius 2 is 1.79 bits per heavy atom. The SMILES string of the molecule is NCc1cccc(-n2nc(C(F)(F)F)cc2C(=O)Nc2cccc(C(OCC3CC3)c3ccc(O)cc3)c2)c1. The van der Waals surface area contributed by atoms with Gasteiger partial charge in [-0.25, -0.2) is 4.68 Å². The molecule has 5 rings (SSSR count). The third kappa shape index (κ3) is 6.30. The highest BCUT2D eigenvalue weighted by Crippen LogP contribution is 2.35. The molecule has 1 aromatic heterocycles. The molecule has 1 fully saturated rings. The fourth-order valence-corrected chi connectivity index (χ4v) is 4.22. The van der Waals surface area contributed by atoms with Gasteiger partial charge in [0, 0.05) is 18.3 Å². The lowest BCUT2D eigenvalue weighted by Crippen LogP contribution is -2.17. The third-order valence-corrected chi connectivity index (χ3v) is 6.46. The zero-order valence-corrected chi connectivity index (χ0v) is 20.9. The van der Waals surface area contributed by atoms with Gasteiger partial charge in [-0.2, -0.15) is 18.3 Å². The zero-order chi connectivity index (χ0) is 27.6. The number of amides is 1. The van der Waals surface area contributed by atoms with Crippen LogP contribution in [0.5, 0.6) is 5.75 Å². The monoisotopic (exact) mass is 536 g/mol. The van der Waals surface area contributed by atoms with Crippen molar-refractivity contribution in [3.8, 4) is 11.4 Å². The fraction of sp³-hybridized carbons (Fsp3) is 0.241. The first kappa shape index (κ1) is 26.5. The van der Waals surface area contributed by atoms with E-state index in [1.807, 2.05) is 6.07 Å². The van der Waals surface area contributed by atoms with Crippen LogP contribution in [0.3, 0.4) is 0 Å². The summed E-state index contributed by atoms with van der Waals surface area (Å²) in [4.78, 5) is 13.3. The number of phenols is 1. The highest BCUT2D eigenvalue weighted by Gasteiger charge is 2.36. The smallest absolute Gasteiger partial charge is 0.435 e. The largest absolute Gasteiger partial charge is 0.508 e. The molecule has 1 aliphatic rings. The first-order valence-corrected chi connectivity index (χ1v) is 12.5. The predicted octanol–water partition coefficient (Wildman–Crippen LogP) is 5.82. The lowest BCUT2D eigenvalue weighted by atomic mass is 10.0. The molecular weight excluding hydrogens is 509 g/mol. The van der Waals surface area contributed by atoms with Crippen LogP contribution in [0.15, 0.2) is 78.9 Å². The first-order chi connectivity index (χ1) is 18.7. The molecule has 1 heterocycles. The Balaban J connectivity index is 1.45. The van der Waals surface area contributed by atoms with Crippen molar-refractivity contribution in [3.63, 3.8) is 0 Å². The van der Waals surface area contributed by atoms with Gasteiger partial charge in [0.2, 0.25) is 0 Å². The van der Waals surface area contributed by atoms with Crippen molar-refractivity contribution in [2.24, 2.45) is 11.7 Å². The molecule has 1 amide bonds. The van der Waals surface area contributed by atoms with E-state index in [-0.39, 0.29) is 23.7 Å². The number of hydrogen-bond donors (Lipinski definition) is 3. The Kier molecular flexibility index (Phi) is 7.40. The van der Waals surface area contributed by atoms with E-state index >= 15 is 0 Å². The van der Waals surface area contributed by atoms with E-state index in [9.17, 15) is 23.1 Å². The van der Waals surface area contributed by atoms with Crippen LogP contribution in [0.2, 0.25) is 0 Å². The Hall–Kier alpha value is -4.15. The Labute approximate surface area is 223 Å². The molecule has 0 spiro atoms. The summed E-state index contributed by atoms with van der Waals surface area (Å²) < 4.78 is 47.8. The quantitative estimate of drug-likeness (QED) is 0.250. The topological polar surface area (TPSA) is 102 Å². The number of carbonyl (C=O) groups is 1. The Morgan fingerprint density at radius 3 is 2.49 bits per heavy atom. The van der Waals surface area contributed by atoms with Gasteiger partial charge in [0.15, 0.2) is 5.69 Å². The minimum Gasteiger partial charge on any atom is -0.508 e. The van der Waals surface area contributed by atoms with Crippen molar-refractivity contribution in [3.05, 3.63) is 107 Å². The van der Waals surface area contributed by atoms with Crippen LogP contribution in [0.25, 0.3) is 5.69 Å². The number of hydrogen-bond acceptors (Lipinski definition) is 5. The van der Waals surface area contributed by atoms with E-state index in [0.29, 0.717) is 23.8 Å². The maximum atomic E-state index is 13.5. The normalized spacial score (nSPS) is 14.3. The summed E-state index contributed by atoms with van der Waals surface area (Å²) in [7, 11) is 0. The molecule has 1 atom stereocenters. The summed E-state index contributed by atoms with van der Waals surface area (Å²) in [6.45, 7) is 0.754. The number of rotatable bonds is 9. The van der Waals surface area contributed by atoms with Crippen molar-refractivity contribution in [1.29, 1.82) is 0 Å². The number of aromatic nitrogens is 2. The minimum absolute atomic E-state index is 0.132. The van der Waals surface area contributed by atoms with Crippen LogP contribution in [0.4, 0.5) is 18.9 Å². The lowest BCUT2D eigenvalue weighted by Gasteiger charge is -2.20. The second kappa shape index (κ2) is 10.9. The number of carbonyl (C=O) groups excluding carboxylic acids is 1. The number of ether oxygens (including phenoxy) is 1. The molecule has 4 aromatic rings. The summed E-state index contributed by atoms with van der Waals surface area (Å²) in [5.41, 5.74) is 7.16. The predicted molar refractivity (Wildman–Crippen MR) is 139 cm³/mol. The van der Waals surface area contributed by atoms with Crippen molar-refractivity contribution >= 4 is 11.6 Å². The van der Waals surface area contributed by atoms with Gasteiger partial charge in [0.05, 0.1) is 12.3 Å². The van der Waals surface area contributed by atoms with Gasteiger partial charge in [-0.1, -0.05) is 36.4 Å². The molecule has 10 heteroatoms. The summed E-state index contributed by atoms with van der Waals surface area (Å²) >= 11 is 0. The number of nitrogens with one attached hydrogen (secondary N) is 1. The average Bonchev–Trinajstić information content (AvgIpc) is 3.63. The van der Waals surface area contributed by atoms with Gasteiger partial charge < -0.3 is 20.9 Å². The van der Waals surface area contributed by atoms with Gasteiger partial charge in [-0.05, 0) is 71.8 Å². The lowest BCUT2D eigenvalue weighted by molar-refractivity contribution is -0.141. The van der Waals surface area contributed by atoms with Crippen LogP contribution in [-0.2, 0) is 17.5 Å². The Bertz CT molecular complexity index is 1460. The van der Waals surface area contributed by atoms with Crippen LogP contribution < -0.4 is 11.1 Å². The molecule has 1 aliphatic carbocycles. The molecule has 202 valence electrons. The number of phenolic OH excluding ortho intramolecular Hbond substituents is 1. The maximum absolute atomic E-state index is 13.5. The molecule has 7 nitrogen and oxygen atoms in total. The number of alkyl halides is 3. The second-order valence-corrected chi connectivity index (χ2v) is 9.53. The molecule has 0 bridgehead atoms. The minimum atomic E-state index is -4.73. The number of benzene rings is 3. The highest BCUT2D eigenvalue weighted by atomic mass is 19.4. The number of anilines is 1. The number of nitrogens with two attached hydrogens (primary N) is 1. The van der Waals surface area contributed by atoms with Crippen LogP contribution in [-0.4, -0.2) is 27.4 Å². The number of nitrogens with zero attached hydrogens (tertiary/aromatic N) is 2. The molecule has 39 heavy (non-hydrogen) atoms. The molecule has 3 aromatic carbocycles. The summed E-state index contributed by atoms with van der Waals surface area (Å²) in [6, 6.07) is 20.9. The summed E-state index contributed by atoms with van der Waals surface area (Å²) in [5.74, 6) is -0.116. The van der Waals surface area contributed by atoms with E-state index in [2.05, 4.69) is 10.4 Å². The summed E-state index contributed by atoms with van der Waals surface area (Å²) in [6.07, 6.45) is -2.97. The molecule has 0 aliphatic heterocycles. The molecule has 4 N–H and O–H groups in total. The number of aromatic hydroxyl groups is 1. The van der Waals surface area contributed by atoms with Gasteiger partial charge in [0.25, 0.3) is 5.91 Å². The molecule has 1 unspecified atom stereocenters. The van der Waals surface area contributed by atoms with E-state index in [4.69, 9.17) is 10.5 Å². The molecular formula is C29H27F3N4O3. The zero-order valence-electron chi connectivity index (χ0n) is 20.9. The average molecular weight is 537 g/mol. The summed E-state index contributed by atoms with van der Waals surface area (Å²) in [5, 5.41) is 16.1. The van der Waals surface area contributed by atoms with E-state index in [0.717, 1.165) is 34.7 Å². The van der Waals surface area contributed by atoms with E-state index in [1.165, 1.54) is 0 Å². The highest BCUT2D eigenvalue weighted by molar-refractivity contribution is 6.03. The molecule has 0 saturated heterocycles. The van der Waals surface area contributed by atoms with Gasteiger partial charge in [-0.3, -0.25) is 4.79 Å². The van der Waals surface area contributed by atoms with Gasteiger partial charge in [0.1, 0.15) is 17.5 Å². The van der Waals surface area contributed by atoms with E-state index < -0.39 is 23.9 Å². The van der Waals surface area contributed by atoms with Crippen LogP contribution in [0.1, 0.15) is 51.8 Å². The van der Waals surface area contributed by atoms with Crippen LogP contribution >= 0.6 is 0 Å². The van der Waals surface area contributed by atoms with Crippen molar-refractivity contribution < 1.29 is 27.8 Å². The van der Waals surface area contributed by atoms with Crippen molar-refractivity contribution in [2.75, 3.05) is 11.9 Å². The third-order valence-electron chi connectivity index (χ3n) is 6.46. The maximum Gasteiger partial charge on any atom is 0.435 e. The van der Waals surface area contributed by atoms with E-state index in [1.54, 1.807) is 66.7 Å². The number of halogens is 3. The van der Waals surface area contributed by atoms with Crippen molar-refractivity contribution in [2.45, 2.75) is 31.7 Å². The fourth-order valence-electron chi connectivity index (χ4n) is 4.22. The Morgan fingerprint density at radius 1 is 1.05 bits per heavy atom. The van der Waals surface area contributed by atoms with Gasteiger partial charge in [-0.15, -0.1) is 0 Å². The standard InChI is InChI=1S/C29H27F3N4O3/c30-29(31,32)26-15-25(36(35-26)23-6-1-3-19(13-23)16-33)28(38)34-22-5-2-4-21(14-22)27(39-17-18-7-8-18)20-9-11-24(37)12-10-20/h1-6,9-15,18,27,37H,7-8,16-17,33H2,(H,34,38). The first-order valence-electron chi connectivity index (χ1n) is 12.5. The molecule has 0 radical (unpaired) electrons. The second-order valence-electron chi connectivity index (χ2n) is 9.53. The molecule has 1 saturated carbocycles. The van der Waals surface area contributed by atoms with Crippen molar-refractivity contribution in [1.82, 2.24) is 9.78 Å².